The number of rotatable bonds is 9. The van der Waals surface area contributed by atoms with Gasteiger partial charge in [-0.1, -0.05) is 11.2 Å². The number of carbonyl (C=O) groups excluding carboxylic acids is 1. The lowest BCUT2D eigenvalue weighted by atomic mass is 9.69. The summed E-state index contributed by atoms with van der Waals surface area (Å²) < 4.78 is 10.7. The van der Waals surface area contributed by atoms with Gasteiger partial charge in [-0.2, -0.15) is 0 Å². The molecule has 0 aromatic heterocycles. The fourth-order valence-electron chi connectivity index (χ4n) is 1.74. The molecule has 1 rings (SSSR count). The van der Waals surface area contributed by atoms with E-state index in [1.807, 2.05) is 40.7 Å². The summed E-state index contributed by atoms with van der Waals surface area (Å²) in [6.07, 6.45) is -0.659. The fraction of sp³-hybridized carbons (Fsp3) is 0.500. The highest BCUT2D eigenvalue weighted by atomic mass is 16.7. The van der Waals surface area contributed by atoms with E-state index in [1.165, 1.54) is 7.28 Å². The second-order valence-corrected chi connectivity index (χ2v) is 4.94. The van der Waals surface area contributed by atoms with Crippen LogP contribution in [0.2, 0.25) is 0 Å². The van der Waals surface area contributed by atoms with Crippen molar-refractivity contribution in [2.45, 2.75) is 40.8 Å². The Morgan fingerprint density at radius 1 is 1.23 bits per heavy atom. The highest BCUT2D eigenvalue weighted by Gasteiger charge is 2.21. The van der Waals surface area contributed by atoms with Gasteiger partial charge in [0.25, 0.3) is 7.28 Å². The zero-order valence-electron chi connectivity index (χ0n) is 13.9. The lowest BCUT2D eigenvalue weighted by Crippen LogP contribution is -2.31. The SMILES string of the molecule is CCOC([B]C(=O)c1ccc(C)cc1ON=C(C)C)OCC. The molecular formula is C16H23BNO4. The third-order valence-electron chi connectivity index (χ3n) is 2.68. The molecule has 5 nitrogen and oxygen atoms in total. The number of benzene rings is 1. The molecule has 6 heteroatoms. The van der Waals surface area contributed by atoms with Gasteiger partial charge in [0.05, 0.1) is 11.3 Å². The van der Waals surface area contributed by atoms with Crippen molar-refractivity contribution in [3.05, 3.63) is 29.3 Å². The third kappa shape index (κ3) is 5.99. The van der Waals surface area contributed by atoms with Crippen molar-refractivity contribution < 1.29 is 19.1 Å². The molecule has 1 radical (unpaired) electrons. The van der Waals surface area contributed by atoms with Gasteiger partial charge in [0.2, 0.25) is 0 Å². The largest absolute Gasteiger partial charge is 0.361 e. The van der Waals surface area contributed by atoms with E-state index < -0.39 is 6.19 Å². The smallest absolute Gasteiger partial charge is 0.283 e. The summed E-state index contributed by atoms with van der Waals surface area (Å²) in [7, 11) is 1.41. The molecule has 0 fully saturated rings. The van der Waals surface area contributed by atoms with Crippen molar-refractivity contribution in [3.8, 4) is 5.75 Å². The molecule has 0 N–H and O–H groups in total. The van der Waals surface area contributed by atoms with E-state index in [1.54, 1.807) is 12.1 Å². The van der Waals surface area contributed by atoms with Crippen molar-refractivity contribution in [1.29, 1.82) is 0 Å². The first-order valence-electron chi connectivity index (χ1n) is 7.39. The maximum Gasteiger partial charge on any atom is 0.283 e. The van der Waals surface area contributed by atoms with Gasteiger partial charge in [-0.05, 0) is 52.3 Å². The van der Waals surface area contributed by atoms with E-state index in [0.29, 0.717) is 24.5 Å². The summed E-state index contributed by atoms with van der Waals surface area (Å²) in [5.74, 6) is 0.425. The fourth-order valence-corrected chi connectivity index (χ4v) is 1.74. The van der Waals surface area contributed by atoms with Crippen molar-refractivity contribution in [1.82, 2.24) is 0 Å². The summed E-state index contributed by atoms with van der Waals surface area (Å²) in [5, 5.41) is 3.92. The first-order chi connectivity index (χ1) is 10.5. The molecule has 1 aromatic carbocycles. The second-order valence-electron chi connectivity index (χ2n) is 4.94. The van der Waals surface area contributed by atoms with E-state index in [0.717, 1.165) is 11.3 Å². The third-order valence-corrected chi connectivity index (χ3v) is 2.68. The van der Waals surface area contributed by atoms with E-state index in [9.17, 15) is 4.79 Å². The predicted molar refractivity (Wildman–Crippen MR) is 87.7 cm³/mol. The average Bonchev–Trinajstić information content (AvgIpc) is 2.45. The number of carbonyl (C=O) groups is 1. The molecule has 0 amide bonds. The highest BCUT2D eigenvalue weighted by Crippen LogP contribution is 2.21. The maximum absolute atomic E-state index is 12.4. The number of hydrogen-bond donors (Lipinski definition) is 0. The molecule has 0 unspecified atom stereocenters. The molecule has 0 saturated carbocycles. The molecule has 22 heavy (non-hydrogen) atoms. The molecular weight excluding hydrogens is 281 g/mol. The van der Waals surface area contributed by atoms with Crippen molar-refractivity contribution in [2.75, 3.05) is 13.2 Å². The van der Waals surface area contributed by atoms with Crippen LogP contribution in [-0.2, 0) is 9.47 Å². The van der Waals surface area contributed by atoms with E-state index in [2.05, 4.69) is 5.16 Å². The summed E-state index contributed by atoms with van der Waals surface area (Å²) >= 11 is 0. The number of hydrogen-bond acceptors (Lipinski definition) is 5. The molecule has 0 aliphatic carbocycles. The van der Waals surface area contributed by atoms with Gasteiger partial charge in [0.15, 0.2) is 5.75 Å². The number of nitrogens with zero attached hydrogens (tertiary/aromatic N) is 1. The first-order valence-corrected chi connectivity index (χ1v) is 7.39. The van der Waals surface area contributed by atoms with E-state index in [4.69, 9.17) is 14.3 Å². The van der Waals surface area contributed by atoms with Crippen LogP contribution in [0.25, 0.3) is 0 Å². The Kier molecular flexibility index (Phi) is 7.84. The van der Waals surface area contributed by atoms with Crippen molar-refractivity contribution >= 4 is 18.7 Å². The Morgan fingerprint density at radius 2 is 1.86 bits per heavy atom. The highest BCUT2D eigenvalue weighted by molar-refractivity contribution is 6.78. The van der Waals surface area contributed by atoms with E-state index in [-0.39, 0.29) is 5.68 Å². The molecule has 0 atom stereocenters. The van der Waals surface area contributed by atoms with Gasteiger partial charge in [-0.15, -0.1) is 0 Å². The van der Waals surface area contributed by atoms with Crippen LogP contribution in [0.15, 0.2) is 23.4 Å². The van der Waals surface area contributed by atoms with E-state index >= 15 is 0 Å². The van der Waals surface area contributed by atoms with Crippen molar-refractivity contribution in [3.63, 3.8) is 0 Å². The molecule has 0 bridgehead atoms. The topological polar surface area (TPSA) is 57.1 Å². The van der Waals surface area contributed by atoms with Crippen LogP contribution in [0.4, 0.5) is 0 Å². The lowest BCUT2D eigenvalue weighted by molar-refractivity contribution is -0.0819. The Balaban J connectivity index is 2.93. The summed E-state index contributed by atoms with van der Waals surface area (Å²) in [6.45, 7) is 10.2. The Hall–Kier alpha value is -1.66. The average molecular weight is 304 g/mol. The van der Waals surface area contributed by atoms with Gasteiger partial charge < -0.3 is 19.1 Å². The van der Waals surface area contributed by atoms with Crippen LogP contribution in [0.1, 0.15) is 43.6 Å². The quantitative estimate of drug-likeness (QED) is 0.304. The minimum atomic E-state index is -0.659. The first kappa shape index (κ1) is 18.4. The number of oxime groups is 1. The molecule has 1 aromatic rings. The minimum absolute atomic E-state index is 0.217. The zero-order valence-corrected chi connectivity index (χ0v) is 13.9. The van der Waals surface area contributed by atoms with Crippen LogP contribution in [0, 0.1) is 6.92 Å². The summed E-state index contributed by atoms with van der Waals surface area (Å²) in [6, 6.07) is 5.36. The molecule has 0 aliphatic rings. The Morgan fingerprint density at radius 3 is 2.41 bits per heavy atom. The number of ether oxygens (including phenoxy) is 2. The normalized spacial score (nSPS) is 10.5. The summed E-state index contributed by atoms with van der Waals surface area (Å²) in [5.41, 5.74) is 1.97. The molecule has 0 heterocycles. The molecule has 0 aliphatic heterocycles. The minimum Gasteiger partial charge on any atom is -0.361 e. The van der Waals surface area contributed by atoms with Crippen LogP contribution in [0.3, 0.4) is 0 Å². The lowest BCUT2D eigenvalue weighted by Gasteiger charge is -2.16. The van der Waals surface area contributed by atoms with Gasteiger partial charge in [0.1, 0.15) is 11.9 Å². The maximum atomic E-state index is 12.4. The number of aryl methyl sites for hydroxylation is 1. The summed E-state index contributed by atoms with van der Waals surface area (Å²) in [4.78, 5) is 17.8. The van der Waals surface area contributed by atoms with Gasteiger partial charge in [0, 0.05) is 13.2 Å². The standard InChI is InChI=1S/C16H23BNO4/c1-6-20-16(21-7-2)17-15(19)13-9-8-12(5)10-14(13)22-18-11(3)4/h8-10,16H,6-7H2,1-5H3. The Bertz CT molecular complexity index is 521. The zero-order chi connectivity index (χ0) is 16.5. The van der Waals surface area contributed by atoms with Gasteiger partial charge in [-0.3, -0.25) is 0 Å². The van der Waals surface area contributed by atoms with Crippen molar-refractivity contribution in [2.24, 2.45) is 5.16 Å². The Labute approximate surface area is 132 Å². The predicted octanol–water partition coefficient (Wildman–Crippen LogP) is 2.97. The van der Waals surface area contributed by atoms with Crippen LogP contribution in [-0.4, -0.2) is 38.1 Å². The molecule has 119 valence electrons. The van der Waals surface area contributed by atoms with Crippen LogP contribution in [0.5, 0.6) is 5.75 Å². The monoisotopic (exact) mass is 304 g/mol. The second kappa shape index (κ2) is 9.38. The van der Waals surface area contributed by atoms with Crippen LogP contribution < -0.4 is 4.84 Å². The molecule has 0 spiro atoms. The van der Waals surface area contributed by atoms with Gasteiger partial charge >= 0.3 is 0 Å². The van der Waals surface area contributed by atoms with Crippen LogP contribution >= 0.6 is 0 Å². The molecule has 0 saturated heterocycles. The van der Waals surface area contributed by atoms with Gasteiger partial charge in [-0.25, -0.2) is 0 Å².